The summed E-state index contributed by atoms with van der Waals surface area (Å²) < 4.78 is 4.74. The molecular formula is C11H11N3O2. The third-order valence-corrected chi connectivity index (χ3v) is 2.05. The summed E-state index contributed by atoms with van der Waals surface area (Å²) in [6.45, 7) is 0.0245. The minimum Gasteiger partial charge on any atom is -0.375 e. The van der Waals surface area contributed by atoms with Crippen LogP contribution >= 0.6 is 0 Å². The molecule has 0 fully saturated rings. The number of para-hydroxylation sites is 1. The highest BCUT2D eigenvalue weighted by molar-refractivity contribution is 5.99. The van der Waals surface area contributed by atoms with E-state index in [9.17, 15) is 4.79 Å². The van der Waals surface area contributed by atoms with Gasteiger partial charge in [0.05, 0.1) is 11.2 Å². The molecule has 0 aliphatic carbocycles. The molecule has 0 atom stereocenters. The topological polar surface area (TPSA) is 64.1 Å². The number of benzene rings is 1. The Labute approximate surface area is 92.5 Å². The Morgan fingerprint density at radius 2 is 2.19 bits per heavy atom. The lowest BCUT2D eigenvalue weighted by atomic mass is 10.2. The Kier molecular flexibility index (Phi) is 3.07. The van der Waals surface area contributed by atoms with Gasteiger partial charge >= 0.3 is 0 Å². The van der Waals surface area contributed by atoms with Gasteiger partial charge in [-0.3, -0.25) is 14.8 Å². The highest BCUT2D eigenvalue weighted by Gasteiger charge is 2.06. The van der Waals surface area contributed by atoms with Crippen LogP contribution in [0.3, 0.4) is 0 Å². The van der Waals surface area contributed by atoms with Crippen molar-refractivity contribution in [1.29, 1.82) is 0 Å². The van der Waals surface area contributed by atoms with Gasteiger partial charge in [0.25, 0.3) is 0 Å². The first-order valence-corrected chi connectivity index (χ1v) is 4.80. The summed E-state index contributed by atoms with van der Waals surface area (Å²) in [7, 11) is 1.47. The molecule has 0 spiro atoms. The van der Waals surface area contributed by atoms with Gasteiger partial charge in [-0.25, -0.2) is 0 Å². The van der Waals surface area contributed by atoms with E-state index in [0.29, 0.717) is 11.2 Å². The molecule has 2 rings (SSSR count). The van der Waals surface area contributed by atoms with Gasteiger partial charge in [-0.05, 0) is 12.1 Å². The Bertz CT molecular complexity index is 508. The number of hydrogen-bond acceptors (Lipinski definition) is 4. The van der Waals surface area contributed by atoms with Crippen LogP contribution in [0.25, 0.3) is 11.0 Å². The lowest BCUT2D eigenvalue weighted by Gasteiger charge is -2.06. The number of methoxy groups -OCH3 is 1. The average molecular weight is 217 g/mol. The van der Waals surface area contributed by atoms with E-state index in [1.54, 1.807) is 18.5 Å². The normalized spacial score (nSPS) is 10.3. The van der Waals surface area contributed by atoms with Gasteiger partial charge in [-0.1, -0.05) is 6.07 Å². The van der Waals surface area contributed by atoms with Crippen molar-refractivity contribution in [2.24, 2.45) is 0 Å². The number of carbonyl (C=O) groups is 1. The zero-order chi connectivity index (χ0) is 11.4. The average Bonchev–Trinajstić information content (AvgIpc) is 2.30. The summed E-state index contributed by atoms with van der Waals surface area (Å²) in [6, 6.07) is 5.44. The van der Waals surface area contributed by atoms with E-state index in [2.05, 4.69) is 15.3 Å². The van der Waals surface area contributed by atoms with Crippen LogP contribution in [0.4, 0.5) is 5.69 Å². The molecule has 0 unspecified atom stereocenters. The van der Waals surface area contributed by atoms with Crippen LogP contribution in [0.2, 0.25) is 0 Å². The van der Waals surface area contributed by atoms with E-state index in [0.717, 1.165) is 5.52 Å². The fraction of sp³-hybridized carbons (Fsp3) is 0.182. The third kappa shape index (κ3) is 2.14. The number of aromatic nitrogens is 2. The maximum absolute atomic E-state index is 11.4. The van der Waals surface area contributed by atoms with E-state index in [1.165, 1.54) is 7.11 Å². The maximum Gasteiger partial charge on any atom is 0.250 e. The van der Waals surface area contributed by atoms with Crippen LogP contribution in [0.5, 0.6) is 0 Å². The van der Waals surface area contributed by atoms with Crippen LogP contribution in [0, 0.1) is 0 Å². The maximum atomic E-state index is 11.4. The largest absolute Gasteiger partial charge is 0.375 e. The zero-order valence-corrected chi connectivity index (χ0v) is 8.80. The number of fused-ring (bicyclic) bond motifs is 1. The molecule has 0 radical (unpaired) electrons. The van der Waals surface area contributed by atoms with Crippen molar-refractivity contribution in [3.05, 3.63) is 30.6 Å². The second-order valence-corrected chi connectivity index (χ2v) is 3.21. The minimum absolute atomic E-state index is 0.0245. The molecule has 1 N–H and O–H groups in total. The Morgan fingerprint density at radius 3 is 3.00 bits per heavy atom. The summed E-state index contributed by atoms with van der Waals surface area (Å²) in [6.07, 6.45) is 3.21. The van der Waals surface area contributed by atoms with E-state index < -0.39 is 0 Å². The first-order chi connectivity index (χ1) is 7.81. The highest BCUT2D eigenvalue weighted by Crippen LogP contribution is 2.18. The fourth-order valence-corrected chi connectivity index (χ4v) is 1.41. The Balaban J connectivity index is 2.33. The van der Waals surface area contributed by atoms with Crippen LogP contribution in [0.1, 0.15) is 0 Å². The highest BCUT2D eigenvalue weighted by atomic mass is 16.5. The van der Waals surface area contributed by atoms with Gasteiger partial charge in [0.15, 0.2) is 0 Å². The third-order valence-electron chi connectivity index (χ3n) is 2.05. The predicted octanol–water partition coefficient (Wildman–Crippen LogP) is 1.21. The van der Waals surface area contributed by atoms with Gasteiger partial charge in [0.2, 0.25) is 5.91 Å². The number of rotatable bonds is 3. The second-order valence-electron chi connectivity index (χ2n) is 3.21. The summed E-state index contributed by atoms with van der Waals surface area (Å²) >= 11 is 0. The lowest BCUT2D eigenvalue weighted by molar-refractivity contribution is -0.119. The lowest BCUT2D eigenvalue weighted by Crippen LogP contribution is -2.17. The molecular weight excluding hydrogens is 206 g/mol. The van der Waals surface area contributed by atoms with Crippen molar-refractivity contribution in [2.45, 2.75) is 0 Å². The molecule has 0 aliphatic heterocycles. The van der Waals surface area contributed by atoms with Crippen LogP contribution in [0.15, 0.2) is 30.6 Å². The van der Waals surface area contributed by atoms with Gasteiger partial charge in [0, 0.05) is 19.5 Å². The molecule has 1 aromatic heterocycles. The summed E-state index contributed by atoms with van der Waals surface area (Å²) in [5.74, 6) is -0.208. The molecule has 1 amide bonds. The summed E-state index contributed by atoms with van der Waals surface area (Å²) in [5.41, 5.74) is 2.07. The van der Waals surface area contributed by atoms with E-state index >= 15 is 0 Å². The number of carbonyl (C=O) groups excluding carboxylic acids is 1. The van der Waals surface area contributed by atoms with Gasteiger partial charge in [-0.15, -0.1) is 0 Å². The summed E-state index contributed by atoms with van der Waals surface area (Å²) in [4.78, 5) is 19.7. The quantitative estimate of drug-likeness (QED) is 0.839. The summed E-state index contributed by atoms with van der Waals surface area (Å²) in [5, 5.41) is 2.72. The molecule has 0 bridgehead atoms. The fourth-order valence-electron chi connectivity index (χ4n) is 1.41. The van der Waals surface area contributed by atoms with E-state index in [-0.39, 0.29) is 12.5 Å². The molecule has 82 valence electrons. The molecule has 2 aromatic rings. The smallest absolute Gasteiger partial charge is 0.250 e. The standard InChI is InChI=1S/C11H11N3O2/c1-16-7-10(15)14-9-4-2-3-8-11(9)13-6-5-12-8/h2-6H,7H2,1H3,(H,14,15). The first-order valence-electron chi connectivity index (χ1n) is 4.80. The number of hydrogen-bond donors (Lipinski definition) is 1. The van der Waals surface area contributed by atoms with Crippen molar-refractivity contribution >= 4 is 22.6 Å². The van der Waals surface area contributed by atoms with Crippen LogP contribution in [-0.4, -0.2) is 29.6 Å². The van der Waals surface area contributed by atoms with Crippen molar-refractivity contribution in [1.82, 2.24) is 9.97 Å². The molecule has 16 heavy (non-hydrogen) atoms. The molecule has 1 heterocycles. The molecule has 5 nitrogen and oxygen atoms in total. The number of anilines is 1. The molecule has 0 saturated heterocycles. The predicted molar refractivity (Wildman–Crippen MR) is 60.0 cm³/mol. The molecule has 5 heteroatoms. The van der Waals surface area contributed by atoms with Crippen molar-refractivity contribution < 1.29 is 9.53 Å². The molecule has 0 aliphatic rings. The first kappa shape index (κ1) is 10.5. The minimum atomic E-state index is -0.208. The van der Waals surface area contributed by atoms with Crippen molar-refractivity contribution in [3.8, 4) is 0 Å². The Hall–Kier alpha value is -2.01. The van der Waals surface area contributed by atoms with Gasteiger partial charge in [-0.2, -0.15) is 0 Å². The number of amides is 1. The van der Waals surface area contributed by atoms with Crippen molar-refractivity contribution in [3.63, 3.8) is 0 Å². The number of nitrogens with one attached hydrogen (secondary N) is 1. The van der Waals surface area contributed by atoms with Gasteiger partial charge in [0.1, 0.15) is 12.1 Å². The number of nitrogens with zero attached hydrogens (tertiary/aromatic N) is 2. The monoisotopic (exact) mass is 217 g/mol. The van der Waals surface area contributed by atoms with Crippen LogP contribution < -0.4 is 5.32 Å². The van der Waals surface area contributed by atoms with E-state index in [4.69, 9.17) is 4.74 Å². The SMILES string of the molecule is COCC(=O)Nc1cccc2nccnc12. The van der Waals surface area contributed by atoms with Crippen LogP contribution in [-0.2, 0) is 9.53 Å². The van der Waals surface area contributed by atoms with E-state index in [1.807, 2.05) is 12.1 Å². The van der Waals surface area contributed by atoms with Gasteiger partial charge < -0.3 is 10.1 Å². The molecule has 0 saturated carbocycles. The molecule has 1 aromatic carbocycles. The zero-order valence-electron chi connectivity index (χ0n) is 8.80. The van der Waals surface area contributed by atoms with Crippen molar-refractivity contribution in [2.75, 3.05) is 19.0 Å². The number of ether oxygens (including phenoxy) is 1. The Morgan fingerprint density at radius 1 is 1.38 bits per heavy atom. The second kappa shape index (κ2) is 4.67.